The molecule has 0 aromatic heterocycles. The van der Waals surface area contributed by atoms with E-state index in [0.29, 0.717) is 18.0 Å². The predicted molar refractivity (Wildman–Crippen MR) is 112 cm³/mol. The normalized spacial score (nSPS) is 11.6. The molecule has 0 spiro atoms. The Morgan fingerprint density at radius 2 is 1.66 bits per heavy atom. The van der Waals surface area contributed by atoms with Crippen molar-refractivity contribution >= 4 is 21.6 Å². The number of nitrogens with one attached hydrogen (secondary N) is 1. The molecule has 1 amide bonds. The van der Waals surface area contributed by atoms with Crippen molar-refractivity contribution < 1.29 is 22.7 Å². The van der Waals surface area contributed by atoms with Crippen LogP contribution in [-0.4, -0.2) is 65.4 Å². The molecule has 2 aromatic rings. The fourth-order valence-electron chi connectivity index (χ4n) is 2.69. The van der Waals surface area contributed by atoms with Gasteiger partial charge in [-0.2, -0.15) is 0 Å². The largest absolute Gasteiger partial charge is 0.497 e. The van der Waals surface area contributed by atoms with Crippen molar-refractivity contribution in [1.29, 1.82) is 0 Å². The first kappa shape index (κ1) is 22.7. The molecular weight excluding hydrogens is 394 g/mol. The van der Waals surface area contributed by atoms with Crippen LogP contribution in [0.15, 0.2) is 47.4 Å². The Kier molecular flexibility index (Phi) is 7.60. The fraction of sp³-hybridized carbons (Fsp3) is 0.350. The van der Waals surface area contributed by atoms with Gasteiger partial charge in [-0.05, 0) is 42.9 Å². The molecule has 0 fully saturated rings. The van der Waals surface area contributed by atoms with Gasteiger partial charge in [0.05, 0.1) is 31.3 Å². The third-order valence-electron chi connectivity index (χ3n) is 4.25. The number of methoxy groups -OCH3 is 2. The molecule has 0 aliphatic rings. The lowest BCUT2D eigenvalue weighted by Crippen LogP contribution is -2.30. The molecule has 0 heterocycles. The van der Waals surface area contributed by atoms with Crippen molar-refractivity contribution in [2.24, 2.45) is 0 Å². The summed E-state index contributed by atoms with van der Waals surface area (Å²) in [6, 6.07) is 12.0. The fourth-order valence-corrected chi connectivity index (χ4v) is 3.62. The molecule has 0 saturated carbocycles. The molecule has 0 radical (unpaired) electrons. The number of likely N-dealkylation sites (N-methyl/N-ethyl adjacent to an activating group) is 1. The lowest BCUT2D eigenvalue weighted by atomic mass is 10.2. The van der Waals surface area contributed by atoms with Crippen molar-refractivity contribution in [1.82, 2.24) is 9.21 Å². The minimum absolute atomic E-state index is 0.0742. The number of rotatable bonds is 9. The summed E-state index contributed by atoms with van der Waals surface area (Å²) in [7, 11) is 4.17. The van der Waals surface area contributed by atoms with E-state index in [-0.39, 0.29) is 17.3 Å². The zero-order chi connectivity index (χ0) is 21.6. The zero-order valence-corrected chi connectivity index (χ0v) is 18.1. The van der Waals surface area contributed by atoms with E-state index in [4.69, 9.17) is 9.47 Å². The summed E-state index contributed by atoms with van der Waals surface area (Å²) in [5.41, 5.74) is 1.34. The molecule has 2 rings (SSSR count). The molecular formula is C20H27N3O5S. The van der Waals surface area contributed by atoms with Gasteiger partial charge in [-0.25, -0.2) is 12.7 Å². The maximum absolute atomic E-state index is 12.5. The first-order valence-corrected chi connectivity index (χ1v) is 10.3. The van der Waals surface area contributed by atoms with E-state index in [9.17, 15) is 13.2 Å². The minimum atomic E-state index is -3.62. The van der Waals surface area contributed by atoms with E-state index in [0.717, 1.165) is 15.6 Å². The Morgan fingerprint density at radius 1 is 1.00 bits per heavy atom. The molecule has 158 valence electrons. The van der Waals surface area contributed by atoms with Gasteiger partial charge in [0.15, 0.2) is 0 Å². The third kappa shape index (κ3) is 5.93. The van der Waals surface area contributed by atoms with Gasteiger partial charge in [-0.3, -0.25) is 9.69 Å². The van der Waals surface area contributed by atoms with Gasteiger partial charge in [0, 0.05) is 20.6 Å². The van der Waals surface area contributed by atoms with E-state index in [2.05, 4.69) is 5.32 Å². The molecule has 9 heteroatoms. The van der Waals surface area contributed by atoms with Crippen LogP contribution in [0, 0.1) is 0 Å². The zero-order valence-electron chi connectivity index (χ0n) is 17.3. The van der Waals surface area contributed by atoms with Gasteiger partial charge in [0.25, 0.3) is 0 Å². The van der Waals surface area contributed by atoms with E-state index in [1.807, 2.05) is 36.2 Å². The molecule has 0 saturated heterocycles. The van der Waals surface area contributed by atoms with Crippen LogP contribution < -0.4 is 14.8 Å². The smallest absolute Gasteiger partial charge is 0.242 e. The second kappa shape index (κ2) is 9.73. The number of hydrogen-bond donors (Lipinski definition) is 1. The molecule has 0 bridgehead atoms. The van der Waals surface area contributed by atoms with Crippen LogP contribution in [0.25, 0.3) is 0 Å². The standard InChI is InChI=1S/C20H27N3O5S/c1-22(2)29(25,26)17-10-11-19(28-5)18(12-17)21-20(24)14-23(3)13-15-6-8-16(27-4)9-7-15/h6-12H,13-14H2,1-5H3,(H,21,24). The SMILES string of the molecule is COc1ccc(CN(C)CC(=O)Nc2cc(S(=O)(=O)N(C)C)ccc2OC)cc1. The topological polar surface area (TPSA) is 88.2 Å². The molecule has 0 atom stereocenters. The van der Waals surface area contributed by atoms with Crippen molar-refractivity contribution in [3.05, 3.63) is 48.0 Å². The van der Waals surface area contributed by atoms with Gasteiger partial charge >= 0.3 is 0 Å². The second-order valence-corrected chi connectivity index (χ2v) is 8.87. The molecule has 0 aliphatic carbocycles. The average Bonchev–Trinajstić information content (AvgIpc) is 2.68. The van der Waals surface area contributed by atoms with Crippen LogP contribution >= 0.6 is 0 Å². The first-order valence-electron chi connectivity index (χ1n) is 8.89. The van der Waals surface area contributed by atoms with Crippen LogP contribution in [0.5, 0.6) is 11.5 Å². The van der Waals surface area contributed by atoms with Crippen LogP contribution in [0.1, 0.15) is 5.56 Å². The summed E-state index contributed by atoms with van der Waals surface area (Å²) in [6.07, 6.45) is 0. The number of amides is 1. The monoisotopic (exact) mass is 421 g/mol. The number of sulfonamides is 1. The second-order valence-electron chi connectivity index (χ2n) is 6.72. The van der Waals surface area contributed by atoms with Crippen LogP contribution in [0.3, 0.4) is 0 Å². The summed E-state index contributed by atoms with van der Waals surface area (Å²) >= 11 is 0. The van der Waals surface area contributed by atoms with E-state index in [1.54, 1.807) is 7.11 Å². The van der Waals surface area contributed by atoms with Gasteiger partial charge < -0.3 is 14.8 Å². The highest BCUT2D eigenvalue weighted by atomic mass is 32.2. The van der Waals surface area contributed by atoms with Crippen molar-refractivity contribution in [2.45, 2.75) is 11.4 Å². The predicted octanol–water partition coefficient (Wildman–Crippen LogP) is 2.02. The van der Waals surface area contributed by atoms with Gasteiger partial charge in [0.2, 0.25) is 15.9 Å². The summed E-state index contributed by atoms with van der Waals surface area (Å²) in [5.74, 6) is 0.876. The van der Waals surface area contributed by atoms with Crippen LogP contribution in [0.4, 0.5) is 5.69 Å². The van der Waals surface area contributed by atoms with Crippen LogP contribution in [-0.2, 0) is 21.4 Å². The van der Waals surface area contributed by atoms with Gasteiger partial charge in [0.1, 0.15) is 11.5 Å². The van der Waals surface area contributed by atoms with Crippen molar-refractivity contribution in [2.75, 3.05) is 47.2 Å². The summed E-state index contributed by atoms with van der Waals surface area (Å²) in [6.45, 7) is 0.698. The van der Waals surface area contributed by atoms with Crippen molar-refractivity contribution in [3.8, 4) is 11.5 Å². The summed E-state index contributed by atoms with van der Waals surface area (Å²) < 4.78 is 36.2. The summed E-state index contributed by atoms with van der Waals surface area (Å²) in [5, 5.41) is 2.74. The number of carbonyl (C=O) groups excluding carboxylic acids is 1. The Balaban J connectivity index is 2.08. The van der Waals surface area contributed by atoms with Crippen molar-refractivity contribution in [3.63, 3.8) is 0 Å². The molecule has 8 nitrogen and oxygen atoms in total. The Hall–Kier alpha value is -2.62. The average molecular weight is 422 g/mol. The Bertz CT molecular complexity index is 943. The number of nitrogens with zero attached hydrogens (tertiary/aromatic N) is 2. The maximum atomic E-state index is 12.5. The third-order valence-corrected chi connectivity index (χ3v) is 6.06. The first-order chi connectivity index (χ1) is 13.7. The highest BCUT2D eigenvalue weighted by Crippen LogP contribution is 2.28. The molecule has 1 N–H and O–H groups in total. The molecule has 0 unspecified atom stereocenters. The quantitative estimate of drug-likeness (QED) is 0.667. The molecule has 2 aromatic carbocycles. The number of carbonyl (C=O) groups is 1. The highest BCUT2D eigenvalue weighted by molar-refractivity contribution is 7.89. The number of hydrogen-bond acceptors (Lipinski definition) is 6. The number of anilines is 1. The van der Waals surface area contributed by atoms with Gasteiger partial charge in [-0.15, -0.1) is 0 Å². The molecule has 0 aliphatic heterocycles. The maximum Gasteiger partial charge on any atom is 0.242 e. The van der Waals surface area contributed by atoms with Gasteiger partial charge in [-0.1, -0.05) is 12.1 Å². The number of benzene rings is 2. The lowest BCUT2D eigenvalue weighted by Gasteiger charge is -2.18. The van der Waals surface area contributed by atoms with E-state index in [1.165, 1.54) is 39.4 Å². The number of ether oxygens (including phenoxy) is 2. The van der Waals surface area contributed by atoms with E-state index >= 15 is 0 Å². The minimum Gasteiger partial charge on any atom is -0.497 e. The van der Waals surface area contributed by atoms with E-state index < -0.39 is 10.0 Å². The molecule has 29 heavy (non-hydrogen) atoms. The Morgan fingerprint density at radius 3 is 2.21 bits per heavy atom. The highest BCUT2D eigenvalue weighted by Gasteiger charge is 2.20. The van der Waals surface area contributed by atoms with Crippen LogP contribution in [0.2, 0.25) is 0 Å². The Labute approximate surface area is 172 Å². The summed E-state index contributed by atoms with van der Waals surface area (Å²) in [4.78, 5) is 14.4. The lowest BCUT2D eigenvalue weighted by molar-refractivity contribution is -0.117.